The topological polar surface area (TPSA) is 36.4 Å². The van der Waals surface area contributed by atoms with Crippen molar-refractivity contribution in [3.8, 4) is 0 Å². The van der Waals surface area contributed by atoms with Crippen LogP contribution in [0.1, 0.15) is 45.1 Å². The van der Waals surface area contributed by atoms with Gasteiger partial charge in [-0.1, -0.05) is 26.7 Å². The number of likely N-dealkylation sites (N-methyl/N-ethyl adjacent to an activating group) is 1. The molecule has 0 spiro atoms. The smallest absolute Gasteiger partial charge is 0.0764 e. The van der Waals surface area contributed by atoms with Gasteiger partial charge in [-0.2, -0.15) is 0 Å². The lowest BCUT2D eigenvalue weighted by Crippen LogP contribution is -2.55. The van der Waals surface area contributed by atoms with Crippen LogP contribution in [-0.2, 0) is 6.42 Å². The van der Waals surface area contributed by atoms with Crippen LogP contribution in [0.3, 0.4) is 0 Å². The van der Waals surface area contributed by atoms with Gasteiger partial charge in [-0.05, 0) is 43.6 Å². The van der Waals surface area contributed by atoms with Gasteiger partial charge in [0.1, 0.15) is 0 Å². The molecular formula is C16H26N2O. The summed E-state index contributed by atoms with van der Waals surface area (Å²) >= 11 is 0. The van der Waals surface area contributed by atoms with E-state index in [0.29, 0.717) is 0 Å². The molecule has 1 aromatic heterocycles. The molecule has 0 amide bonds. The van der Waals surface area contributed by atoms with Crippen LogP contribution in [-0.4, -0.2) is 39.7 Å². The molecular weight excluding hydrogens is 236 g/mol. The predicted octanol–water partition coefficient (Wildman–Crippen LogP) is 2.64. The van der Waals surface area contributed by atoms with Gasteiger partial charge in [0.15, 0.2) is 0 Å². The summed E-state index contributed by atoms with van der Waals surface area (Å²) in [6.45, 7) is 6.43. The lowest BCUT2D eigenvalue weighted by molar-refractivity contribution is -0.0244. The molecule has 1 heterocycles. The van der Waals surface area contributed by atoms with Crippen LogP contribution in [0.5, 0.6) is 0 Å². The predicted molar refractivity (Wildman–Crippen MR) is 78.1 cm³/mol. The molecule has 3 nitrogen and oxygen atoms in total. The Bertz CT molecular complexity index is 370. The first-order valence-electron chi connectivity index (χ1n) is 7.55. The largest absolute Gasteiger partial charge is 0.391 e. The summed E-state index contributed by atoms with van der Waals surface area (Å²) in [6.07, 6.45) is 8.80. The van der Waals surface area contributed by atoms with Crippen LogP contribution < -0.4 is 0 Å². The molecule has 106 valence electrons. The van der Waals surface area contributed by atoms with Crippen molar-refractivity contribution in [3.63, 3.8) is 0 Å². The van der Waals surface area contributed by atoms with Gasteiger partial charge >= 0.3 is 0 Å². The highest BCUT2D eigenvalue weighted by atomic mass is 16.3. The van der Waals surface area contributed by atoms with E-state index in [1.54, 1.807) is 12.4 Å². The maximum absolute atomic E-state index is 10.8. The van der Waals surface area contributed by atoms with Crippen molar-refractivity contribution in [1.82, 2.24) is 9.88 Å². The fourth-order valence-corrected chi connectivity index (χ4v) is 3.63. The second-order valence-electron chi connectivity index (χ2n) is 5.56. The van der Waals surface area contributed by atoms with Crippen LogP contribution in [0.4, 0.5) is 0 Å². The number of aromatic nitrogens is 1. The lowest BCUT2D eigenvalue weighted by Gasteiger charge is -2.44. The molecule has 1 saturated carbocycles. The summed E-state index contributed by atoms with van der Waals surface area (Å²) in [5.41, 5.74) is 1.17. The molecule has 0 aliphatic heterocycles. The monoisotopic (exact) mass is 262 g/mol. The molecule has 0 bridgehead atoms. The number of aliphatic hydroxyl groups is 1. The fourth-order valence-electron chi connectivity index (χ4n) is 3.63. The second kappa shape index (κ2) is 6.49. The molecule has 19 heavy (non-hydrogen) atoms. The van der Waals surface area contributed by atoms with E-state index in [9.17, 15) is 5.11 Å². The first-order chi connectivity index (χ1) is 9.23. The molecule has 1 aliphatic carbocycles. The molecule has 1 N–H and O–H groups in total. The van der Waals surface area contributed by atoms with E-state index in [-0.39, 0.29) is 11.6 Å². The quantitative estimate of drug-likeness (QED) is 0.856. The van der Waals surface area contributed by atoms with Gasteiger partial charge in [0.05, 0.1) is 6.10 Å². The number of nitrogens with zero attached hydrogens (tertiary/aromatic N) is 2. The van der Waals surface area contributed by atoms with Crippen LogP contribution >= 0.6 is 0 Å². The Morgan fingerprint density at radius 2 is 1.79 bits per heavy atom. The average Bonchev–Trinajstić information content (AvgIpc) is 2.92. The van der Waals surface area contributed by atoms with Gasteiger partial charge in [-0.15, -0.1) is 0 Å². The number of rotatable bonds is 6. The molecule has 0 radical (unpaired) electrons. The third kappa shape index (κ3) is 2.98. The van der Waals surface area contributed by atoms with Crippen molar-refractivity contribution in [2.45, 2.75) is 57.6 Å². The Morgan fingerprint density at radius 3 is 2.32 bits per heavy atom. The summed E-state index contributed by atoms with van der Waals surface area (Å²) in [5.74, 6) is 0. The normalized spacial score (nSPS) is 19.8. The minimum Gasteiger partial charge on any atom is -0.391 e. The minimum absolute atomic E-state index is 0.00717. The van der Waals surface area contributed by atoms with Crippen molar-refractivity contribution in [2.24, 2.45) is 0 Å². The summed E-state index contributed by atoms with van der Waals surface area (Å²) in [4.78, 5) is 6.51. The Balaban J connectivity index is 2.14. The molecule has 1 unspecified atom stereocenters. The second-order valence-corrected chi connectivity index (χ2v) is 5.56. The highest BCUT2D eigenvalue weighted by Crippen LogP contribution is 2.39. The first kappa shape index (κ1) is 14.5. The lowest BCUT2D eigenvalue weighted by atomic mass is 9.84. The van der Waals surface area contributed by atoms with E-state index in [4.69, 9.17) is 0 Å². The number of hydrogen-bond acceptors (Lipinski definition) is 3. The molecule has 1 aliphatic rings. The van der Waals surface area contributed by atoms with Gasteiger partial charge in [0.25, 0.3) is 0 Å². The third-order valence-electron chi connectivity index (χ3n) is 4.66. The van der Waals surface area contributed by atoms with Crippen molar-refractivity contribution >= 4 is 0 Å². The zero-order valence-corrected chi connectivity index (χ0v) is 12.2. The van der Waals surface area contributed by atoms with Crippen LogP contribution in [0, 0.1) is 0 Å². The van der Waals surface area contributed by atoms with Crippen molar-refractivity contribution < 1.29 is 5.11 Å². The SMILES string of the molecule is CCN(CC)C1(C(O)Cc2ccncc2)CCCC1. The van der Waals surface area contributed by atoms with Gasteiger partial charge in [-0.3, -0.25) is 9.88 Å². The fraction of sp³-hybridized carbons (Fsp3) is 0.688. The van der Waals surface area contributed by atoms with Crippen molar-refractivity contribution in [1.29, 1.82) is 0 Å². The van der Waals surface area contributed by atoms with E-state index >= 15 is 0 Å². The van der Waals surface area contributed by atoms with Gasteiger partial charge in [-0.25, -0.2) is 0 Å². The van der Waals surface area contributed by atoms with Gasteiger partial charge in [0, 0.05) is 24.4 Å². The highest BCUT2D eigenvalue weighted by molar-refractivity contribution is 5.14. The Hall–Kier alpha value is -0.930. The zero-order valence-electron chi connectivity index (χ0n) is 12.2. The van der Waals surface area contributed by atoms with Gasteiger partial charge in [0.2, 0.25) is 0 Å². The average molecular weight is 262 g/mol. The molecule has 2 rings (SSSR count). The number of aliphatic hydroxyl groups excluding tert-OH is 1. The van der Waals surface area contributed by atoms with Gasteiger partial charge < -0.3 is 5.11 Å². The standard InChI is InChI=1S/C16H26N2O/c1-3-18(4-2)16(9-5-6-10-16)15(19)13-14-7-11-17-12-8-14/h7-8,11-12,15,19H,3-6,9-10,13H2,1-2H3. The van der Waals surface area contributed by atoms with Crippen molar-refractivity contribution in [2.75, 3.05) is 13.1 Å². The minimum atomic E-state index is -0.280. The summed E-state index contributed by atoms with van der Waals surface area (Å²) < 4.78 is 0. The van der Waals surface area contributed by atoms with E-state index < -0.39 is 0 Å². The summed E-state index contributed by atoms with van der Waals surface area (Å²) in [7, 11) is 0. The molecule has 1 fully saturated rings. The van der Waals surface area contributed by atoms with E-state index in [0.717, 1.165) is 32.4 Å². The highest BCUT2D eigenvalue weighted by Gasteiger charge is 2.44. The van der Waals surface area contributed by atoms with E-state index in [2.05, 4.69) is 23.7 Å². The van der Waals surface area contributed by atoms with Crippen molar-refractivity contribution in [3.05, 3.63) is 30.1 Å². The third-order valence-corrected chi connectivity index (χ3v) is 4.66. The van der Waals surface area contributed by atoms with E-state index in [1.165, 1.54) is 18.4 Å². The Morgan fingerprint density at radius 1 is 1.21 bits per heavy atom. The molecule has 1 aromatic rings. The summed E-state index contributed by atoms with van der Waals surface area (Å²) in [6, 6.07) is 4.02. The Labute approximate surface area is 116 Å². The molecule has 3 heteroatoms. The van der Waals surface area contributed by atoms with Crippen LogP contribution in [0.25, 0.3) is 0 Å². The van der Waals surface area contributed by atoms with E-state index in [1.807, 2.05) is 12.1 Å². The maximum Gasteiger partial charge on any atom is 0.0764 e. The number of pyridine rings is 1. The maximum atomic E-state index is 10.8. The summed E-state index contributed by atoms with van der Waals surface area (Å²) in [5, 5.41) is 10.8. The Kier molecular flexibility index (Phi) is 4.94. The molecule has 0 aromatic carbocycles. The van der Waals surface area contributed by atoms with Crippen LogP contribution in [0.15, 0.2) is 24.5 Å². The zero-order chi connectivity index (χ0) is 13.7. The molecule has 1 atom stereocenters. The van der Waals surface area contributed by atoms with Crippen LogP contribution in [0.2, 0.25) is 0 Å². The number of hydrogen-bond donors (Lipinski definition) is 1. The first-order valence-corrected chi connectivity index (χ1v) is 7.55. The molecule has 0 saturated heterocycles.